The summed E-state index contributed by atoms with van der Waals surface area (Å²) in [4.78, 5) is 27.1. The van der Waals surface area contributed by atoms with Crippen LogP contribution in [0.3, 0.4) is 0 Å². The molecule has 1 aliphatic heterocycles. The number of aromatic nitrogens is 2. The molecule has 1 saturated heterocycles. The Morgan fingerprint density at radius 2 is 2.13 bits per heavy atom. The third kappa shape index (κ3) is 4.90. The number of nitro benzene ring substituents is 1. The van der Waals surface area contributed by atoms with Gasteiger partial charge < -0.3 is 25.4 Å². The van der Waals surface area contributed by atoms with Crippen molar-refractivity contribution < 1.29 is 24.6 Å². The summed E-state index contributed by atoms with van der Waals surface area (Å²) < 4.78 is 12.7. The molecule has 2 aromatic rings. The molecule has 168 valence electrons. The quantitative estimate of drug-likeness (QED) is 0.410. The lowest BCUT2D eigenvalue weighted by atomic mass is 9.97. The van der Waals surface area contributed by atoms with E-state index in [1.54, 1.807) is 18.2 Å². The summed E-state index contributed by atoms with van der Waals surface area (Å²) in [5.41, 5.74) is 6.05. The molecule has 0 aliphatic carbocycles. The van der Waals surface area contributed by atoms with Crippen molar-refractivity contribution in [1.29, 1.82) is 0 Å². The van der Waals surface area contributed by atoms with E-state index in [9.17, 15) is 25.1 Å². The van der Waals surface area contributed by atoms with Crippen LogP contribution in [-0.4, -0.2) is 43.5 Å². The van der Waals surface area contributed by atoms with E-state index in [-0.39, 0.29) is 37.1 Å². The lowest BCUT2D eigenvalue weighted by Gasteiger charge is -2.23. The van der Waals surface area contributed by atoms with Gasteiger partial charge in [0.1, 0.15) is 18.1 Å². The Bertz CT molecular complexity index is 994. The fourth-order valence-electron chi connectivity index (χ4n) is 3.60. The number of nitro groups is 1. The second kappa shape index (κ2) is 9.52. The zero-order valence-corrected chi connectivity index (χ0v) is 17.2. The monoisotopic (exact) mass is 434 g/mol. The number of nitrogen functional groups attached to an aromatic ring is 1. The summed E-state index contributed by atoms with van der Waals surface area (Å²) in [5.74, 6) is -0.108. The molecule has 0 radical (unpaired) electrons. The lowest BCUT2D eigenvalue weighted by molar-refractivity contribution is -0.386. The van der Waals surface area contributed by atoms with Gasteiger partial charge in [-0.1, -0.05) is 26.0 Å². The van der Waals surface area contributed by atoms with Crippen molar-refractivity contribution in [1.82, 2.24) is 9.55 Å². The van der Waals surface area contributed by atoms with E-state index in [0.717, 1.165) is 0 Å². The molecule has 4 atom stereocenters. The first-order valence-electron chi connectivity index (χ1n) is 9.89. The molecule has 2 heterocycles. The molecule has 11 heteroatoms. The number of nitrogens with two attached hydrogens (primary N) is 1. The van der Waals surface area contributed by atoms with Crippen molar-refractivity contribution in [2.45, 2.75) is 51.4 Å². The number of ether oxygens (including phenoxy) is 2. The molecular formula is C20H26N4O7. The third-order valence-electron chi connectivity index (χ3n) is 5.22. The molecule has 1 unspecified atom stereocenters. The SMILES string of the molecule is CC(C)[C@H](OCc1cn([C@H]2CC(O)[C@@H](CO)O2)c(=O)nc1N)c1ccccc1[N+](=O)[O-]. The largest absolute Gasteiger partial charge is 0.394 e. The second-order valence-corrected chi connectivity index (χ2v) is 7.75. The number of aliphatic hydroxyl groups is 2. The molecule has 0 saturated carbocycles. The summed E-state index contributed by atoms with van der Waals surface area (Å²) in [7, 11) is 0. The Hall–Kier alpha value is -2.86. The molecule has 0 bridgehead atoms. The van der Waals surface area contributed by atoms with E-state index >= 15 is 0 Å². The van der Waals surface area contributed by atoms with Crippen molar-refractivity contribution in [2.24, 2.45) is 5.92 Å². The first-order valence-corrected chi connectivity index (χ1v) is 9.89. The molecule has 0 amide bonds. The predicted molar refractivity (Wildman–Crippen MR) is 110 cm³/mol. The van der Waals surface area contributed by atoms with Crippen LogP contribution in [0.15, 0.2) is 35.3 Å². The highest BCUT2D eigenvalue weighted by Gasteiger charge is 2.35. The van der Waals surface area contributed by atoms with Crippen molar-refractivity contribution in [3.8, 4) is 0 Å². The Morgan fingerprint density at radius 3 is 2.74 bits per heavy atom. The summed E-state index contributed by atoms with van der Waals surface area (Å²) in [6, 6.07) is 6.36. The van der Waals surface area contributed by atoms with Gasteiger partial charge in [0, 0.05) is 24.2 Å². The topological polar surface area (TPSA) is 163 Å². The van der Waals surface area contributed by atoms with Crippen molar-refractivity contribution in [3.05, 3.63) is 62.2 Å². The molecule has 0 spiro atoms. The van der Waals surface area contributed by atoms with Crippen LogP contribution < -0.4 is 11.4 Å². The number of hydrogen-bond donors (Lipinski definition) is 3. The number of hydrogen-bond acceptors (Lipinski definition) is 9. The number of nitrogens with zero attached hydrogens (tertiary/aromatic N) is 3. The van der Waals surface area contributed by atoms with E-state index in [2.05, 4.69) is 4.98 Å². The van der Waals surface area contributed by atoms with Crippen LogP contribution in [0.1, 0.15) is 43.7 Å². The van der Waals surface area contributed by atoms with Crippen LogP contribution in [-0.2, 0) is 16.1 Å². The standard InChI is InChI=1S/C20H26N4O7/c1-11(2)18(13-5-3-4-6-14(13)24(28)29)30-10-12-8-23(20(27)22-19(12)21)17-7-15(26)16(9-25)31-17/h3-6,8,11,15-18,25-26H,7,9-10H2,1-2H3,(H2,21,22,27)/t15?,16-,17-,18+/m1/s1. The van der Waals surface area contributed by atoms with Crippen LogP contribution in [0.25, 0.3) is 0 Å². The van der Waals surface area contributed by atoms with Gasteiger partial charge in [-0.2, -0.15) is 4.98 Å². The number of benzene rings is 1. The summed E-state index contributed by atoms with van der Waals surface area (Å²) in [6.07, 6.45) is -1.55. The van der Waals surface area contributed by atoms with Crippen LogP contribution in [0.2, 0.25) is 0 Å². The van der Waals surface area contributed by atoms with Crippen LogP contribution in [0.5, 0.6) is 0 Å². The molecule has 1 fully saturated rings. The second-order valence-electron chi connectivity index (χ2n) is 7.75. The van der Waals surface area contributed by atoms with Crippen molar-refractivity contribution in [3.63, 3.8) is 0 Å². The minimum absolute atomic E-state index is 0.0245. The van der Waals surface area contributed by atoms with Crippen molar-refractivity contribution >= 4 is 11.5 Å². The average molecular weight is 434 g/mol. The van der Waals surface area contributed by atoms with Crippen LogP contribution in [0.4, 0.5) is 11.5 Å². The number of rotatable bonds is 8. The minimum Gasteiger partial charge on any atom is -0.394 e. The average Bonchev–Trinajstić information content (AvgIpc) is 3.10. The number of aliphatic hydroxyl groups excluding tert-OH is 2. The maximum absolute atomic E-state index is 12.3. The number of para-hydroxylation sites is 1. The van der Waals surface area contributed by atoms with Gasteiger partial charge in [-0.25, -0.2) is 4.79 Å². The van der Waals surface area contributed by atoms with Gasteiger partial charge in [0.15, 0.2) is 0 Å². The highest BCUT2D eigenvalue weighted by atomic mass is 16.6. The number of anilines is 1. The van der Waals surface area contributed by atoms with Gasteiger partial charge in [-0.15, -0.1) is 0 Å². The van der Waals surface area contributed by atoms with Gasteiger partial charge >= 0.3 is 5.69 Å². The fraction of sp³-hybridized carbons (Fsp3) is 0.500. The molecule has 4 N–H and O–H groups in total. The van der Waals surface area contributed by atoms with Gasteiger partial charge in [-0.05, 0) is 12.0 Å². The van der Waals surface area contributed by atoms with Gasteiger partial charge in [0.25, 0.3) is 5.69 Å². The maximum Gasteiger partial charge on any atom is 0.351 e. The summed E-state index contributed by atoms with van der Waals surface area (Å²) >= 11 is 0. The van der Waals surface area contributed by atoms with E-state index < -0.39 is 35.2 Å². The zero-order valence-electron chi connectivity index (χ0n) is 17.2. The highest BCUT2D eigenvalue weighted by Crippen LogP contribution is 2.34. The Labute approximate surface area is 178 Å². The summed E-state index contributed by atoms with van der Waals surface area (Å²) in [6.45, 7) is 3.34. The molecule has 31 heavy (non-hydrogen) atoms. The third-order valence-corrected chi connectivity index (χ3v) is 5.22. The van der Waals surface area contributed by atoms with Crippen molar-refractivity contribution in [2.75, 3.05) is 12.3 Å². The maximum atomic E-state index is 12.3. The normalized spacial score (nSPS) is 22.0. The van der Waals surface area contributed by atoms with E-state index in [0.29, 0.717) is 11.1 Å². The summed E-state index contributed by atoms with van der Waals surface area (Å²) in [5, 5.41) is 30.6. The van der Waals surface area contributed by atoms with Crippen LogP contribution >= 0.6 is 0 Å². The van der Waals surface area contributed by atoms with E-state index in [4.69, 9.17) is 15.2 Å². The molecule has 1 aromatic heterocycles. The fourth-order valence-corrected chi connectivity index (χ4v) is 3.60. The van der Waals surface area contributed by atoms with E-state index in [1.807, 2.05) is 13.8 Å². The van der Waals surface area contributed by atoms with Gasteiger partial charge in [0.05, 0.1) is 35.9 Å². The smallest absolute Gasteiger partial charge is 0.351 e. The predicted octanol–water partition coefficient (Wildman–Crippen LogP) is 1.29. The molecule has 3 rings (SSSR count). The van der Waals surface area contributed by atoms with Gasteiger partial charge in [0.2, 0.25) is 0 Å². The molecule has 11 nitrogen and oxygen atoms in total. The minimum atomic E-state index is -0.914. The van der Waals surface area contributed by atoms with Crippen LogP contribution in [0, 0.1) is 16.0 Å². The lowest BCUT2D eigenvalue weighted by Crippen LogP contribution is -2.29. The van der Waals surface area contributed by atoms with Gasteiger partial charge in [-0.3, -0.25) is 14.7 Å². The Kier molecular flexibility index (Phi) is 7.01. The molecular weight excluding hydrogens is 408 g/mol. The molecule has 1 aromatic carbocycles. The first-order chi connectivity index (χ1) is 14.7. The Balaban J connectivity index is 1.85. The molecule has 1 aliphatic rings. The zero-order chi connectivity index (χ0) is 22.7. The van der Waals surface area contributed by atoms with E-state index in [1.165, 1.54) is 16.8 Å². The Morgan fingerprint density at radius 1 is 1.42 bits per heavy atom. The highest BCUT2D eigenvalue weighted by molar-refractivity contribution is 5.42. The first kappa shape index (κ1) is 22.8.